The molecule has 2 rings (SSSR count). The molecule has 1 heterocycles. The van der Waals surface area contributed by atoms with Crippen molar-refractivity contribution in [1.82, 2.24) is 4.68 Å². The lowest BCUT2D eigenvalue weighted by Crippen LogP contribution is -1.97. The van der Waals surface area contributed by atoms with Gasteiger partial charge >= 0.3 is 0 Å². The van der Waals surface area contributed by atoms with E-state index in [-0.39, 0.29) is 0 Å². The summed E-state index contributed by atoms with van der Waals surface area (Å²) in [4.78, 5) is 0. The number of benzene rings is 1. The second kappa shape index (κ2) is 3.92. The van der Waals surface area contributed by atoms with Crippen LogP contribution in [0.1, 0.15) is 12.5 Å². The largest absolute Gasteiger partial charge is 0.248 e. The van der Waals surface area contributed by atoms with Crippen molar-refractivity contribution in [3.63, 3.8) is 0 Å². The Kier molecular flexibility index (Phi) is 2.45. The Morgan fingerprint density at radius 1 is 1.00 bits per heavy atom. The van der Waals surface area contributed by atoms with Crippen LogP contribution in [0, 0.1) is 0 Å². The SMILES string of the molecule is CC(=Nn1cccc1)c1ccccc1. The molecular weight excluding hydrogens is 172 g/mol. The smallest absolute Gasteiger partial charge is 0.0654 e. The molecule has 70 valence electrons. The summed E-state index contributed by atoms with van der Waals surface area (Å²) in [6, 6.07) is 14.1. The Balaban J connectivity index is 2.29. The summed E-state index contributed by atoms with van der Waals surface area (Å²) in [6.07, 6.45) is 3.85. The number of hydrogen-bond acceptors (Lipinski definition) is 1. The molecule has 1 aromatic heterocycles. The van der Waals surface area contributed by atoms with Crippen molar-refractivity contribution < 1.29 is 0 Å². The summed E-state index contributed by atoms with van der Waals surface area (Å²) < 4.78 is 1.81. The third-order valence-corrected chi connectivity index (χ3v) is 2.05. The van der Waals surface area contributed by atoms with Crippen LogP contribution in [-0.2, 0) is 0 Å². The van der Waals surface area contributed by atoms with Gasteiger partial charge in [-0.25, -0.2) is 4.68 Å². The van der Waals surface area contributed by atoms with E-state index in [1.165, 1.54) is 0 Å². The summed E-state index contributed by atoms with van der Waals surface area (Å²) in [5.74, 6) is 0. The highest BCUT2D eigenvalue weighted by Crippen LogP contribution is 2.01. The van der Waals surface area contributed by atoms with E-state index in [1.807, 2.05) is 54.3 Å². The van der Waals surface area contributed by atoms with E-state index >= 15 is 0 Å². The Hall–Kier alpha value is -1.83. The Morgan fingerprint density at radius 2 is 1.64 bits per heavy atom. The molecule has 0 radical (unpaired) electrons. The van der Waals surface area contributed by atoms with E-state index in [1.54, 1.807) is 0 Å². The van der Waals surface area contributed by atoms with Crippen molar-refractivity contribution in [3.05, 3.63) is 60.4 Å². The average Bonchev–Trinajstić information content (AvgIpc) is 2.72. The first-order valence-electron chi connectivity index (χ1n) is 4.60. The highest BCUT2D eigenvalue weighted by molar-refractivity contribution is 5.98. The summed E-state index contributed by atoms with van der Waals surface area (Å²) in [6.45, 7) is 2.01. The molecule has 0 fully saturated rings. The number of hydrogen-bond donors (Lipinski definition) is 0. The fraction of sp³-hybridized carbons (Fsp3) is 0.0833. The predicted octanol–water partition coefficient (Wildman–Crippen LogP) is 2.76. The van der Waals surface area contributed by atoms with Crippen LogP contribution in [0.15, 0.2) is 60.0 Å². The van der Waals surface area contributed by atoms with Crippen molar-refractivity contribution in [2.75, 3.05) is 0 Å². The van der Waals surface area contributed by atoms with Gasteiger partial charge in [0.2, 0.25) is 0 Å². The summed E-state index contributed by atoms with van der Waals surface area (Å²) in [5.41, 5.74) is 2.17. The second-order valence-electron chi connectivity index (χ2n) is 3.11. The maximum absolute atomic E-state index is 4.42. The molecule has 0 bridgehead atoms. The topological polar surface area (TPSA) is 17.3 Å². The van der Waals surface area contributed by atoms with Gasteiger partial charge in [-0.1, -0.05) is 30.3 Å². The molecule has 0 amide bonds. The van der Waals surface area contributed by atoms with Crippen molar-refractivity contribution in [2.24, 2.45) is 5.10 Å². The zero-order valence-corrected chi connectivity index (χ0v) is 8.09. The quantitative estimate of drug-likeness (QED) is 0.638. The summed E-state index contributed by atoms with van der Waals surface area (Å²) in [7, 11) is 0. The molecule has 0 N–H and O–H groups in total. The standard InChI is InChI=1S/C12H12N2/c1-11(12-7-3-2-4-8-12)13-14-9-5-6-10-14/h2-10H,1H3. The zero-order valence-electron chi connectivity index (χ0n) is 8.09. The van der Waals surface area contributed by atoms with Crippen LogP contribution in [-0.4, -0.2) is 10.4 Å². The molecule has 2 heteroatoms. The van der Waals surface area contributed by atoms with Crippen LogP contribution < -0.4 is 0 Å². The lowest BCUT2D eigenvalue weighted by molar-refractivity contribution is 0.886. The number of rotatable bonds is 2. The molecule has 0 aliphatic carbocycles. The highest BCUT2D eigenvalue weighted by Gasteiger charge is 1.94. The second-order valence-corrected chi connectivity index (χ2v) is 3.11. The molecule has 1 aromatic carbocycles. The van der Waals surface area contributed by atoms with E-state index in [0.717, 1.165) is 11.3 Å². The molecule has 0 aliphatic rings. The predicted molar refractivity (Wildman–Crippen MR) is 58.5 cm³/mol. The lowest BCUT2D eigenvalue weighted by atomic mass is 10.1. The maximum atomic E-state index is 4.42. The van der Waals surface area contributed by atoms with Gasteiger partial charge in [-0.3, -0.25) is 0 Å². The minimum atomic E-state index is 1.02. The van der Waals surface area contributed by atoms with E-state index in [9.17, 15) is 0 Å². The molecule has 2 nitrogen and oxygen atoms in total. The third kappa shape index (κ3) is 1.91. The van der Waals surface area contributed by atoms with Gasteiger partial charge in [-0.2, -0.15) is 5.10 Å². The van der Waals surface area contributed by atoms with E-state index < -0.39 is 0 Å². The lowest BCUT2D eigenvalue weighted by Gasteiger charge is -2.00. The first-order valence-corrected chi connectivity index (χ1v) is 4.60. The average molecular weight is 184 g/mol. The zero-order chi connectivity index (χ0) is 9.80. The molecule has 0 spiro atoms. The van der Waals surface area contributed by atoms with Crippen LogP contribution in [0.25, 0.3) is 0 Å². The Bertz CT molecular complexity index is 413. The molecular formula is C12H12N2. The number of aromatic nitrogens is 1. The van der Waals surface area contributed by atoms with Crippen LogP contribution >= 0.6 is 0 Å². The molecule has 2 aromatic rings. The molecule has 0 saturated heterocycles. The minimum Gasteiger partial charge on any atom is -0.248 e. The van der Waals surface area contributed by atoms with E-state index in [0.29, 0.717) is 0 Å². The van der Waals surface area contributed by atoms with Gasteiger partial charge in [0.05, 0.1) is 5.71 Å². The van der Waals surface area contributed by atoms with E-state index in [4.69, 9.17) is 0 Å². The minimum absolute atomic E-state index is 1.02. The maximum Gasteiger partial charge on any atom is 0.0654 e. The first-order chi connectivity index (χ1) is 6.86. The monoisotopic (exact) mass is 184 g/mol. The molecule has 14 heavy (non-hydrogen) atoms. The number of nitrogens with zero attached hydrogens (tertiary/aromatic N) is 2. The van der Waals surface area contributed by atoms with Crippen molar-refractivity contribution in [2.45, 2.75) is 6.92 Å². The van der Waals surface area contributed by atoms with Crippen LogP contribution in [0.2, 0.25) is 0 Å². The summed E-state index contributed by atoms with van der Waals surface area (Å²) in [5, 5.41) is 4.42. The van der Waals surface area contributed by atoms with Gasteiger partial charge in [0, 0.05) is 12.4 Å². The molecule has 0 atom stereocenters. The van der Waals surface area contributed by atoms with Gasteiger partial charge in [0.15, 0.2) is 0 Å². The fourth-order valence-corrected chi connectivity index (χ4v) is 1.30. The van der Waals surface area contributed by atoms with Crippen LogP contribution in [0.4, 0.5) is 0 Å². The Morgan fingerprint density at radius 3 is 2.29 bits per heavy atom. The van der Waals surface area contributed by atoms with Gasteiger partial charge in [-0.05, 0) is 24.6 Å². The van der Waals surface area contributed by atoms with Gasteiger partial charge < -0.3 is 0 Å². The van der Waals surface area contributed by atoms with Gasteiger partial charge in [-0.15, -0.1) is 0 Å². The normalized spacial score (nSPS) is 11.6. The summed E-state index contributed by atoms with van der Waals surface area (Å²) >= 11 is 0. The van der Waals surface area contributed by atoms with Crippen molar-refractivity contribution in [3.8, 4) is 0 Å². The van der Waals surface area contributed by atoms with Gasteiger partial charge in [0.25, 0.3) is 0 Å². The highest BCUT2D eigenvalue weighted by atomic mass is 15.3. The van der Waals surface area contributed by atoms with Crippen molar-refractivity contribution >= 4 is 5.71 Å². The third-order valence-electron chi connectivity index (χ3n) is 2.05. The molecule has 0 saturated carbocycles. The van der Waals surface area contributed by atoms with E-state index in [2.05, 4.69) is 17.2 Å². The van der Waals surface area contributed by atoms with Crippen molar-refractivity contribution in [1.29, 1.82) is 0 Å². The first kappa shape index (κ1) is 8.75. The van der Waals surface area contributed by atoms with Gasteiger partial charge in [0.1, 0.15) is 0 Å². The molecule has 0 aliphatic heterocycles. The molecule has 0 unspecified atom stereocenters. The van der Waals surface area contributed by atoms with Crippen LogP contribution in [0.3, 0.4) is 0 Å². The Labute approximate surface area is 83.5 Å². The fourth-order valence-electron chi connectivity index (χ4n) is 1.30. The van der Waals surface area contributed by atoms with Crippen LogP contribution in [0.5, 0.6) is 0 Å².